The maximum atomic E-state index is 11.2. The molecule has 1 heterocycles. The van der Waals surface area contributed by atoms with Crippen molar-refractivity contribution in [3.05, 3.63) is 16.2 Å². The van der Waals surface area contributed by atoms with Gasteiger partial charge in [0.05, 0.1) is 14.2 Å². The van der Waals surface area contributed by atoms with Crippen molar-refractivity contribution in [3.63, 3.8) is 0 Å². The number of carbonyl (C=O) groups excluding carboxylic acids is 1. The van der Waals surface area contributed by atoms with Crippen molar-refractivity contribution >= 4 is 5.97 Å². The molecule has 0 aliphatic heterocycles. The quantitative estimate of drug-likeness (QED) is 0.638. The number of carbonyl (C=O) groups is 1. The van der Waals surface area contributed by atoms with Crippen LogP contribution >= 0.6 is 0 Å². The second kappa shape index (κ2) is 4.45. The minimum atomic E-state index is -0.649. The monoisotopic (exact) mass is 214 g/mol. The van der Waals surface area contributed by atoms with Gasteiger partial charge in [-0.25, -0.2) is 0 Å². The number of aromatic nitrogens is 2. The van der Waals surface area contributed by atoms with Gasteiger partial charge >= 0.3 is 5.97 Å². The minimum absolute atomic E-state index is 0.0187. The van der Waals surface area contributed by atoms with Crippen molar-refractivity contribution in [2.75, 3.05) is 14.2 Å². The largest absolute Gasteiger partial charge is 0.490 e. The number of nitrogens with one attached hydrogen (secondary N) is 1. The Labute approximate surface area is 84.7 Å². The molecule has 1 aromatic rings. The topological polar surface area (TPSA) is 102 Å². The molecule has 0 aliphatic carbocycles. The molecule has 7 heteroatoms. The molecule has 0 fully saturated rings. The molecule has 0 atom stereocenters. The molecule has 0 saturated heterocycles. The lowest BCUT2D eigenvalue weighted by atomic mass is 10.4. The number of rotatable bonds is 3. The molecule has 0 saturated carbocycles. The normalized spacial score (nSPS) is 9.73. The van der Waals surface area contributed by atoms with E-state index in [0.717, 1.165) is 0 Å². The van der Waals surface area contributed by atoms with Gasteiger partial charge < -0.3 is 19.6 Å². The molecule has 0 spiro atoms. The standard InChI is InChI=1S/C8H10N2O5/c1-14-5(11)3-4-9-7(12)6(15-2)8(13)10-4/h3H2,1-2H3,(H2,9,10,12,13). The fourth-order valence-corrected chi connectivity index (χ4v) is 0.973. The first-order valence-corrected chi connectivity index (χ1v) is 4.01. The SMILES string of the molecule is COC(=O)Cc1nc(O)c(OC)c(=O)[nH]1. The van der Waals surface area contributed by atoms with Crippen LogP contribution in [0, 0.1) is 0 Å². The molecule has 0 aliphatic rings. The molecule has 1 rings (SSSR count). The summed E-state index contributed by atoms with van der Waals surface area (Å²) in [4.78, 5) is 27.9. The molecule has 0 aromatic carbocycles. The van der Waals surface area contributed by atoms with Gasteiger partial charge in [-0.2, -0.15) is 4.98 Å². The highest BCUT2D eigenvalue weighted by molar-refractivity contribution is 5.71. The van der Waals surface area contributed by atoms with E-state index in [2.05, 4.69) is 19.4 Å². The Hall–Kier alpha value is -2.05. The summed E-state index contributed by atoms with van der Waals surface area (Å²) >= 11 is 0. The van der Waals surface area contributed by atoms with Crippen molar-refractivity contribution in [1.82, 2.24) is 9.97 Å². The zero-order valence-corrected chi connectivity index (χ0v) is 8.23. The lowest BCUT2D eigenvalue weighted by Crippen LogP contribution is -2.16. The van der Waals surface area contributed by atoms with Crippen LogP contribution < -0.4 is 10.3 Å². The van der Waals surface area contributed by atoms with E-state index in [1.165, 1.54) is 14.2 Å². The third-order valence-corrected chi connectivity index (χ3v) is 1.65. The van der Waals surface area contributed by atoms with Crippen LogP contribution in [0.2, 0.25) is 0 Å². The van der Waals surface area contributed by atoms with Gasteiger partial charge in [0, 0.05) is 0 Å². The van der Waals surface area contributed by atoms with Gasteiger partial charge in [0.1, 0.15) is 12.2 Å². The van der Waals surface area contributed by atoms with E-state index in [4.69, 9.17) is 0 Å². The zero-order valence-electron chi connectivity index (χ0n) is 8.23. The number of nitrogens with zero attached hydrogens (tertiary/aromatic N) is 1. The van der Waals surface area contributed by atoms with Crippen LogP contribution in [-0.2, 0) is 16.0 Å². The Balaban J connectivity index is 3.04. The Morgan fingerprint density at radius 1 is 1.53 bits per heavy atom. The maximum Gasteiger partial charge on any atom is 0.313 e. The third-order valence-electron chi connectivity index (χ3n) is 1.65. The number of H-pyrrole nitrogens is 1. The lowest BCUT2D eigenvalue weighted by Gasteiger charge is -2.03. The second-order valence-electron chi connectivity index (χ2n) is 2.62. The van der Waals surface area contributed by atoms with E-state index < -0.39 is 17.4 Å². The zero-order chi connectivity index (χ0) is 11.4. The fraction of sp³-hybridized carbons (Fsp3) is 0.375. The molecule has 0 amide bonds. The molecule has 7 nitrogen and oxygen atoms in total. The van der Waals surface area contributed by atoms with Crippen molar-refractivity contribution in [2.24, 2.45) is 0 Å². The van der Waals surface area contributed by atoms with Crippen LogP contribution in [0.4, 0.5) is 0 Å². The molecular weight excluding hydrogens is 204 g/mol. The maximum absolute atomic E-state index is 11.2. The fourth-order valence-electron chi connectivity index (χ4n) is 0.973. The van der Waals surface area contributed by atoms with Crippen molar-refractivity contribution < 1.29 is 19.4 Å². The van der Waals surface area contributed by atoms with Crippen LogP contribution in [-0.4, -0.2) is 35.3 Å². The van der Waals surface area contributed by atoms with E-state index in [1.807, 2.05) is 0 Å². The van der Waals surface area contributed by atoms with Gasteiger partial charge in [-0.1, -0.05) is 0 Å². The molecule has 0 unspecified atom stereocenters. The van der Waals surface area contributed by atoms with Crippen LogP contribution in [0.15, 0.2) is 4.79 Å². The van der Waals surface area contributed by atoms with Gasteiger partial charge in [0.2, 0.25) is 5.75 Å². The van der Waals surface area contributed by atoms with Gasteiger partial charge in [-0.15, -0.1) is 0 Å². The Morgan fingerprint density at radius 3 is 2.67 bits per heavy atom. The highest BCUT2D eigenvalue weighted by atomic mass is 16.5. The van der Waals surface area contributed by atoms with E-state index >= 15 is 0 Å². The molecule has 1 aromatic heterocycles. The molecule has 82 valence electrons. The third kappa shape index (κ3) is 2.46. The molecule has 15 heavy (non-hydrogen) atoms. The average Bonchev–Trinajstić information content (AvgIpc) is 2.17. The second-order valence-corrected chi connectivity index (χ2v) is 2.62. The predicted octanol–water partition coefficient (Wildman–Crippen LogP) is -0.800. The molecule has 0 radical (unpaired) electrons. The number of methoxy groups -OCH3 is 2. The summed E-state index contributed by atoms with van der Waals surface area (Å²) in [6.07, 6.45) is -0.219. The summed E-state index contributed by atoms with van der Waals surface area (Å²) in [5.74, 6) is -1.39. The summed E-state index contributed by atoms with van der Waals surface area (Å²) in [5.41, 5.74) is -0.649. The Morgan fingerprint density at radius 2 is 2.20 bits per heavy atom. The summed E-state index contributed by atoms with van der Waals surface area (Å²) in [6.45, 7) is 0. The first-order valence-electron chi connectivity index (χ1n) is 4.01. The molecule has 2 N–H and O–H groups in total. The number of aromatic amines is 1. The van der Waals surface area contributed by atoms with Gasteiger partial charge in [-0.05, 0) is 0 Å². The van der Waals surface area contributed by atoms with Crippen molar-refractivity contribution in [3.8, 4) is 11.6 Å². The lowest BCUT2D eigenvalue weighted by molar-refractivity contribution is -0.139. The van der Waals surface area contributed by atoms with E-state index in [-0.39, 0.29) is 18.0 Å². The summed E-state index contributed by atoms with van der Waals surface area (Å²) in [7, 11) is 2.44. The van der Waals surface area contributed by atoms with Crippen LogP contribution in [0.5, 0.6) is 11.6 Å². The number of esters is 1. The van der Waals surface area contributed by atoms with E-state index in [9.17, 15) is 14.7 Å². The Kier molecular flexibility index (Phi) is 3.27. The van der Waals surface area contributed by atoms with Crippen LogP contribution in [0.3, 0.4) is 0 Å². The van der Waals surface area contributed by atoms with Crippen molar-refractivity contribution in [2.45, 2.75) is 6.42 Å². The summed E-state index contributed by atoms with van der Waals surface area (Å²) in [6, 6.07) is 0. The molecule has 0 bridgehead atoms. The Bertz CT molecular complexity index is 426. The molecular formula is C8H10N2O5. The average molecular weight is 214 g/mol. The highest BCUT2D eigenvalue weighted by Gasteiger charge is 2.13. The predicted molar refractivity (Wildman–Crippen MR) is 48.8 cm³/mol. The van der Waals surface area contributed by atoms with E-state index in [0.29, 0.717) is 0 Å². The van der Waals surface area contributed by atoms with Crippen LogP contribution in [0.25, 0.3) is 0 Å². The van der Waals surface area contributed by atoms with Gasteiger partial charge in [0.25, 0.3) is 11.4 Å². The number of aromatic hydroxyl groups is 1. The summed E-state index contributed by atoms with van der Waals surface area (Å²) in [5, 5.41) is 9.25. The van der Waals surface area contributed by atoms with E-state index in [1.54, 1.807) is 0 Å². The smallest absolute Gasteiger partial charge is 0.313 e. The number of hydrogen-bond acceptors (Lipinski definition) is 6. The van der Waals surface area contributed by atoms with Gasteiger partial charge in [-0.3, -0.25) is 9.59 Å². The van der Waals surface area contributed by atoms with Crippen LogP contribution in [0.1, 0.15) is 5.82 Å². The number of ether oxygens (including phenoxy) is 2. The van der Waals surface area contributed by atoms with Crippen molar-refractivity contribution in [1.29, 1.82) is 0 Å². The summed E-state index contributed by atoms with van der Waals surface area (Å²) < 4.78 is 8.97. The first-order chi connectivity index (χ1) is 7.08. The van der Waals surface area contributed by atoms with Gasteiger partial charge in [0.15, 0.2) is 0 Å². The first kappa shape index (κ1) is 11.0. The number of hydrogen-bond donors (Lipinski definition) is 2. The highest BCUT2D eigenvalue weighted by Crippen LogP contribution is 2.15. The minimum Gasteiger partial charge on any atom is -0.490 e.